The van der Waals surface area contributed by atoms with Crippen molar-refractivity contribution >= 4 is 32.6 Å². The molecule has 0 saturated carbocycles. The maximum Gasteiger partial charge on any atom is 0.387 e. The number of nitrogens with zero attached hydrogens (tertiary/aromatic N) is 2. The quantitative estimate of drug-likeness (QED) is 0.570. The first-order chi connectivity index (χ1) is 12.0. The summed E-state index contributed by atoms with van der Waals surface area (Å²) in [6.45, 7) is -3.15. The fourth-order valence-corrected chi connectivity index (χ4v) is 2.52. The van der Waals surface area contributed by atoms with Crippen LogP contribution in [-0.4, -0.2) is 29.0 Å². The molecule has 0 N–H and O–H groups in total. The Morgan fingerprint density at radius 3 is 2.60 bits per heavy atom. The van der Waals surface area contributed by atoms with E-state index in [0.29, 0.717) is 16.5 Å². The predicted octanol–water partition coefficient (Wildman–Crippen LogP) is 4.26. The Morgan fingerprint density at radius 1 is 1.12 bits per heavy atom. The van der Waals surface area contributed by atoms with Crippen molar-refractivity contribution < 1.29 is 23.0 Å². The van der Waals surface area contributed by atoms with Gasteiger partial charge >= 0.3 is 6.61 Å². The summed E-state index contributed by atoms with van der Waals surface area (Å²) in [4.78, 5) is 20.4. The van der Waals surface area contributed by atoms with Crippen LogP contribution in [-0.2, 0) is 0 Å². The molecule has 0 aliphatic heterocycles. The van der Waals surface area contributed by atoms with E-state index < -0.39 is 6.61 Å². The molecule has 0 radical (unpaired) electrons. The number of benzene rings is 2. The van der Waals surface area contributed by atoms with E-state index in [2.05, 4.69) is 30.6 Å². The average Bonchev–Trinajstić information content (AvgIpc) is 2.59. The minimum atomic E-state index is -2.91. The molecular weight excluding hydrogens is 398 g/mol. The molecule has 0 spiro atoms. The molecule has 0 bridgehead atoms. The minimum Gasteiger partial charge on any atom is -0.469 e. The SMILES string of the molecule is O=C(COc1ncnc2ccc(Br)cc12)c1ccc(OC(F)F)cc1. The molecule has 0 unspecified atom stereocenters. The number of hydrogen-bond acceptors (Lipinski definition) is 5. The molecule has 25 heavy (non-hydrogen) atoms. The van der Waals surface area contributed by atoms with E-state index >= 15 is 0 Å². The van der Waals surface area contributed by atoms with Crippen LogP contribution in [0.5, 0.6) is 11.6 Å². The molecule has 5 nitrogen and oxygen atoms in total. The van der Waals surface area contributed by atoms with Gasteiger partial charge in [0.1, 0.15) is 12.1 Å². The molecule has 0 aliphatic carbocycles. The summed E-state index contributed by atoms with van der Waals surface area (Å²) in [6, 6.07) is 10.8. The Kier molecular flexibility index (Phi) is 5.18. The number of rotatable bonds is 6. The summed E-state index contributed by atoms with van der Waals surface area (Å²) in [5.41, 5.74) is 1.01. The van der Waals surface area contributed by atoms with Crippen LogP contribution < -0.4 is 9.47 Å². The zero-order valence-corrected chi connectivity index (χ0v) is 14.2. The molecule has 8 heteroatoms. The van der Waals surface area contributed by atoms with E-state index in [1.54, 1.807) is 12.1 Å². The van der Waals surface area contributed by atoms with Crippen LogP contribution in [0.2, 0.25) is 0 Å². The second-order valence-electron chi connectivity index (χ2n) is 4.96. The van der Waals surface area contributed by atoms with Crippen LogP contribution in [0.4, 0.5) is 8.78 Å². The molecule has 3 rings (SSSR count). The standard InChI is InChI=1S/C17H11BrF2N2O3/c18-11-3-6-14-13(7-11)16(22-9-21-14)24-8-15(23)10-1-4-12(5-2-10)25-17(19)20/h1-7,9,17H,8H2. The van der Waals surface area contributed by atoms with E-state index in [9.17, 15) is 13.6 Å². The largest absolute Gasteiger partial charge is 0.469 e. The summed E-state index contributed by atoms with van der Waals surface area (Å²) < 4.78 is 34.8. The number of hydrogen-bond donors (Lipinski definition) is 0. The second-order valence-corrected chi connectivity index (χ2v) is 5.87. The molecule has 0 amide bonds. The fourth-order valence-electron chi connectivity index (χ4n) is 2.16. The summed E-state index contributed by atoms with van der Waals surface area (Å²) in [6.07, 6.45) is 1.35. The third-order valence-electron chi connectivity index (χ3n) is 3.30. The van der Waals surface area contributed by atoms with E-state index in [1.165, 1.54) is 30.6 Å². The maximum atomic E-state index is 12.2. The van der Waals surface area contributed by atoms with Crippen molar-refractivity contribution in [2.45, 2.75) is 6.61 Å². The number of carbonyl (C=O) groups is 1. The summed E-state index contributed by atoms with van der Waals surface area (Å²) >= 11 is 3.36. The number of ether oxygens (including phenoxy) is 2. The van der Waals surface area contributed by atoms with E-state index in [0.717, 1.165) is 4.47 Å². The number of fused-ring (bicyclic) bond motifs is 1. The number of ketones is 1. The molecule has 2 aromatic carbocycles. The molecule has 0 fully saturated rings. The number of alkyl halides is 2. The number of carbonyl (C=O) groups excluding carboxylic acids is 1. The molecule has 0 saturated heterocycles. The molecule has 1 heterocycles. The fraction of sp³-hybridized carbons (Fsp3) is 0.118. The third kappa shape index (κ3) is 4.27. The minimum absolute atomic E-state index is 0.0147. The predicted molar refractivity (Wildman–Crippen MR) is 90.1 cm³/mol. The van der Waals surface area contributed by atoms with E-state index in [1.807, 2.05) is 6.07 Å². The van der Waals surface area contributed by atoms with Crippen molar-refractivity contribution in [2.24, 2.45) is 0 Å². The van der Waals surface area contributed by atoms with Gasteiger partial charge in [0.2, 0.25) is 5.88 Å². The van der Waals surface area contributed by atoms with Gasteiger partial charge in [0.15, 0.2) is 12.4 Å². The van der Waals surface area contributed by atoms with Crippen LogP contribution in [0.3, 0.4) is 0 Å². The van der Waals surface area contributed by atoms with Crippen molar-refractivity contribution in [3.63, 3.8) is 0 Å². The lowest BCUT2D eigenvalue weighted by Gasteiger charge is -2.08. The van der Waals surface area contributed by atoms with Crippen molar-refractivity contribution in [3.8, 4) is 11.6 Å². The van der Waals surface area contributed by atoms with E-state index in [4.69, 9.17) is 4.74 Å². The Labute approximate surface area is 149 Å². The van der Waals surface area contributed by atoms with Gasteiger partial charge in [-0.15, -0.1) is 0 Å². The van der Waals surface area contributed by atoms with Crippen LogP contribution in [0, 0.1) is 0 Å². The monoisotopic (exact) mass is 408 g/mol. The summed E-state index contributed by atoms with van der Waals surface area (Å²) in [5, 5.41) is 0.672. The Morgan fingerprint density at radius 2 is 1.88 bits per heavy atom. The number of Topliss-reactive ketones (excluding diaryl/α,β-unsaturated/α-hetero) is 1. The lowest BCUT2D eigenvalue weighted by Crippen LogP contribution is -2.12. The highest BCUT2D eigenvalue weighted by Gasteiger charge is 2.11. The Bertz CT molecular complexity index is 904. The topological polar surface area (TPSA) is 61.3 Å². The van der Waals surface area contributed by atoms with Crippen LogP contribution in [0.1, 0.15) is 10.4 Å². The smallest absolute Gasteiger partial charge is 0.387 e. The van der Waals surface area contributed by atoms with Gasteiger partial charge in [-0.3, -0.25) is 4.79 Å². The van der Waals surface area contributed by atoms with Gasteiger partial charge in [-0.2, -0.15) is 8.78 Å². The highest BCUT2D eigenvalue weighted by atomic mass is 79.9. The molecule has 0 atom stereocenters. The van der Waals surface area contributed by atoms with Crippen molar-refractivity contribution in [1.82, 2.24) is 9.97 Å². The zero-order chi connectivity index (χ0) is 17.8. The number of halogens is 3. The van der Waals surface area contributed by atoms with Gasteiger partial charge in [-0.25, -0.2) is 9.97 Å². The van der Waals surface area contributed by atoms with Crippen molar-refractivity contribution in [3.05, 3.63) is 58.8 Å². The van der Waals surface area contributed by atoms with Gasteiger partial charge in [-0.05, 0) is 42.5 Å². The van der Waals surface area contributed by atoms with Crippen LogP contribution >= 0.6 is 15.9 Å². The normalized spacial score (nSPS) is 10.9. The van der Waals surface area contributed by atoms with Gasteiger partial charge in [0.25, 0.3) is 0 Å². The van der Waals surface area contributed by atoms with Crippen molar-refractivity contribution in [2.75, 3.05) is 6.61 Å². The lowest BCUT2D eigenvalue weighted by atomic mass is 10.1. The summed E-state index contributed by atoms with van der Waals surface area (Å²) in [5.74, 6) is -0.0400. The first kappa shape index (κ1) is 17.2. The molecular formula is C17H11BrF2N2O3. The highest BCUT2D eigenvalue weighted by molar-refractivity contribution is 9.10. The lowest BCUT2D eigenvalue weighted by molar-refractivity contribution is -0.0498. The zero-order valence-electron chi connectivity index (χ0n) is 12.7. The Balaban J connectivity index is 1.71. The van der Waals surface area contributed by atoms with Gasteiger partial charge < -0.3 is 9.47 Å². The first-order valence-electron chi connectivity index (χ1n) is 7.14. The molecule has 3 aromatic rings. The molecule has 0 aliphatic rings. The molecule has 1 aromatic heterocycles. The van der Waals surface area contributed by atoms with Crippen LogP contribution in [0.15, 0.2) is 53.3 Å². The Hall–Kier alpha value is -2.61. The molecule has 128 valence electrons. The van der Waals surface area contributed by atoms with Gasteiger partial charge in [-0.1, -0.05) is 15.9 Å². The van der Waals surface area contributed by atoms with Gasteiger partial charge in [0, 0.05) is 10.0 Å². The van der Waals surface area contributed by atoms with Gasteiger partial charge in [0.05, 0.1) is 10.9 Å². The summed E-state index contributed by atoms with van der Waals surface area (Å²) in [7, 11) is 0. The maximum absolute atomic E-state index is 12.2. The second kappa shape index (κ2) is 7.52. The number of aromatic nitrogens is 2. The highest BCUT2D eigenvalue weighted by Crippen LogP contribution is 2.25. The average molecular weight is 409 g/mol. The third-order valence-corrected chi connectivity index (χ3v) is 3.80. The van der Waals surface area contributed by atoms with Crippen LogP contribution in [0.25, 0.3) is 10.9 Å². The van der Waals surface area contributed by atoms with E-state index in [-0.39, 0.29) is 24.0 Å². The van der Waals surface area contributed by atoms with Crippen molar-refractivity contribution in [1.29, 1.82) is 0 Å². The first-order valence-corrected chi connectivity index (χ1v) is 7.93.